The molecule has 0 aromatic carbocycles. The number of unbranched alkanes of at least 4 members (excludes halogenated alkanes) is 27. The van der Waals surface area contributed by atoms with Crippen molar-refractivity contribution >= 4 is 39.5 Å². The fourth-order valence-corrected chi connectivity index (χ4v) is 10.7. The van der Waals surface area contributed by atoms with Gasteiger partial charge in [-0.1, -0.05) is 248 Å². The summed E-state index contributed by atoms with van der Waals surface area (Å²) in [4.78, 5) is 72.0. The maximum absolute atomic E-state index is 13.0. The molecular formula is C62H120O17P2. The fraction of sp³-hybridized carbons (Fsp3) is 0.935. The molecule has 3 unspecified atom stereocenters. The maximum atomic E-state index is 13.0. The Hall–Kier alpha value is -1.94. The van der Waals surface area contributed by atoms with Gasteiger partial charge >= 0.3 is 39.5 Å². The van der Waals surface area contributed by atoms with Gasteiger partial charge in [0, 0.05) is 25.7 Å². The number of hydrogen-bond acceptors (Lipinski definition) is 15. The van der Waals surface area contributed by atoms with E-state index in [-0.39, 0.29) is 25.7 Å². The van der Waals surface area contributed by atoms with E-state index in [0.717, 1.165) is 120 Å². The van der Waals surface area contributed by atoms with Crippen molar-refractivity contribution in [3.05, 3.63) is 0 Å². The summed E-state index contributed by atoms with van der Waals surface area (Å²) in [7, 11) is -9.88. The van der Waals surface area contributed by atoms with Crippen LogP contribution in [0.1, 0.15) is 299 Å². The van der Waals surface area contributed by atoms with Crippen LogP contribution in [-0.2, 0) is 65.4 Å². The number of rotatable bonds is 60. The average Bonchev–Trinajstić information content (AvgIpc) is 3.42. The topological polar surface area (TPSA) is 237 Å². The van der Waals surface area contributed by atoms with E-state index in [2.05, 4.69) is 48.5 Å². The summed E-state index contributed by atoms with van der Waals surface area (Å²) in [5, 5.41) is 10.5. The summed E-state index contributed by atoms with van der Waals surface area (Å²) in [5.74, 6) is 0.0690. The highest BCUT2D eigenvalue weighted by Crippen LogP contribution is 2.45. The number of carbonyl (C=O) groups is 4. The van der Waals surface area contributed by atoms with Crippen molar-refractivity contribution in [1.82, 2.24) is 0 Å². The highest BCUT2D eigenvalue weighted by Gasteiger charge is 2.30. The van der Waals surface area contributed by atoms with Crippen molar-refractivity contribution in [1.29, 1.82) is 0 Å². The zero-order chi connectivity index (χ0) is 60.3. The minimum absolute atomic E-state index is 0.103. The average molecular weight is 1200 g/mol. The van der Waals surface area contributed by atoms with Gasteiger partial charge in [-0.25, -0.2) is 9.13 Å². The molecule has 0 heterocycles. The van der Waals surface area contributed by atoms with Gasteiger partial charge < -0.3 is 33.8 Å². The van der Waals surface area contributed by atoms with E-state index < -0.39 is 97.5 Å². The second-order valence-corrected chi connectivity index (χ2v) is 26.5. The van der Waals surface area contributed by atoms with E-state index in [9.17, 15) is 43.2 Å². The molecule has 0 radical (unpaired) electrons. The zero-order valence-electron chi connectivity index (χ0n) is 52.2. The first kappa shape index (κ1) is 79.1. The fourth-order valence-electron chi connectivity index (χ4n) is 9.09. The van der Waals surface area contributed by atoms with Crippen molar-refractivity contribution in [2.24, 2.45) is 17.8 Å². The number of aliphatic hydroxyl groups excluding tert-OH is 1. The third-order valence-corrected chi connectivity index (χ3v) is 16.4. The van der Waals surface area contributed by atoms with Crippen LogP contribution in [0.15, 0.2) is 0 Å². The molecule has 0 aliphatic heterocycles. The highest BCUT2D eigenvalue weighted by atomic mass is 31.2. The summed E-state index contributed by atoms with van der Waals surface area (Å²) in [6.07, 6.45) is 33.6. The Morgan fingerprint density at radius 3 is 0.938 bits per heavy atom. The van der Waals surface area contributed by atoms with E-state index in [4.69, 9.17) is 37.0 Å². The molecule has 0 aromatic heterocycles. The number of aliphatic hydroxyl groups is 1. The Morgan fingerprint density at radius 2 is 0.630 bits per heavy atom. The Balaban J connectivity index is 5.24. The molecule has 19 heteroatoms. The van der Waals surface area contributed by atoms with Crippen LogP contribution in [0.3, 0.4) is 0 Å². The monoisotopic (exact) mass is 1200 g/mol. The Morgan fingerprint density at radius 1 is 0.358 bits per heavy atom. The van der Waals surface area contributed by atoms with E-state index in [1.807, 2.05) is 0 Å². The lowest BCUT2D eigenvalue weighted by atomic mass is 9.99. The van der Waals surface area contributed by atoms with Gasteiger partial charge in [0.15, 0.2) is 12.2 Å². The van der Waals surface area contributed by atoms with Crippen molar-refractivity contribution in [2.45, 2.75) is 317 Å². The number of phosphoric ester groups is 2. The lowest BCUT2D eigenvalue weighted by Crippen LogP contribution is -2.30. The molecule has 0 fully saturated rings. The molecule has 81 heavy (non-hydrogen) atoms. The SMILES string of the molecule is CCCCCCCCCC(=O)OC[C@H](COP(=O)(O)OC[C@H](O)COP(=O)(O)OC[C@@H](COC(=O)CCCCCCCCCCC(C)C)OC(=O)CCCCCCCCCCC(C)CC)OC(=O)CCCCCCCCCCC(C)C. The molecule has 0 aliphatic rings. The van der Waals surface area contributed by atoms with Crippen molar-refractivity contribution in [3.63, 3.8) is 0 Å². The predicted molar refractivity (Wildman–Crippen MR) is 321 cm³/mol. The molecule has 17 nitrogen and oxygen atoms in total. The number of ether oxygens (including phenoxy) is 4. The summed E-state index contributed by atoms with van der Waals surface area (Å²) in [5.41, 5.74) is 0. The summed E-state index contributed by atoms with van der Waals surface area (Å²) in [6.45, 7) is 11.7. The number of carbonyl (C=O) groups excluding carboxylic acids is 4. The zero-order valence-corrected chi connectivity index (χ0v) is 54.0. The van der Waals surface area contributed by atoms with Gasteiger partial charge in [-0.3, -0.25) is 37.3 Å². The third-order valence-electron chi connectivity index (χ3n) is 14.5. The summed E-state index contributed by atoms with van der Waals surface area (Å²) in [6, 6.07) is 0. The first-order valence-corrected chi connectivity index (χ1v) is 35.4. The second-order valence-electron chi connectivity index (χ2n) is 23.6. The minimum Gasteiger partial charge on any atom is -0.462 e. The molecular weight excluding hydrogens is 1080 g/mol. The predicted octanol–water partition coefficient (Wildman–Crippen LogP) is 16.7. The van der Waals surface area contributed by atoms with Gasteiger partial charge in [0.2, 0.25) is 0 Å². The number of esters is 4. The minimum atomic E-state index is -4.94. The van der Waals surface area contributed by atoms with Crippen molar-refractivity contribution in [2.75, 3.05) is 39.6 Å². The second kappa shape index (κ2) is 53.5. The van der Waals surface area contributed by atoms with E-state index in [1.165, 1.54) is 96.3 Å². The van der Waals surface area contributed by atoms with Gasteiger partial charge in [0.25, 0.3) is 0 Å². The van der Waals surface area contributed by atoms with Gasteiger partial charge in [0.05, 0.1) is 26.4 Å². The van der Waals surface area contributed by atoms with E-state index in [1.54, 1.807) is 0 Å². The van der Waals surface area contributed by atoms with Crippen LogP contribution >= 0.6 is 15.6 Å². The van der Waals surface area contributed by atoms with Crippen LogP contribution in [0.2, 0.25) is 0 Å². The normalized spacial score (nSPS) is 14.8. The molecule has 0 saturated carbocycles. The Labute approximate surface area is 492 Å². The van der Waals surface area contributed by atoms with E-state index >= 15 is 0 Å². The van der Waals surface area contributed by atoms with Crippen LogP contribution in [0.5, 0.6) is 0 Å². The molecule has 3 N–H and O–H groups in total. The molecule has 0 amide bonds. The largest absolute Gasteiger partial charge is 0.472 e. The standard InChI is InChI=1S/C62H120O17P2/c1-8-10-11-12-19-29-36-43-59(64)72-49-57(78-61(66)45-38-31-24-17-14-21-27-34-41-54(5)6)51-76-80(68,69)74-47-56(63)48-75-81(70,71)77-52-58(50-73-60(65)44-37-30-23-16-13-20-26-33-40-53(3)4)79-62(67)46-39-32-25-18-15-22-28-35-42-55(7)9-2/h53-58,63H,8-52H2,1-7H3,(H,68,69)(H,70,71)/t55?,56-,57+,58+/m0/s1. The number of phosphoric acid groups is 2. The third kappa shape index (κ3) is 55.7. The maximum Gasteiger partial charge on any atom is 0.472 e. The lowest BCUT2D eigenvalue weighted by Gasteiger charge is -2.21. The Bertz CT molecular complexity index is 1620. The molecule has 0 rings (SSSR count). The molecule has 6 atom stereocenters. The van der Waals surface area contributed by atoms with E-state index in [0.29, 0.717) is 25.7 Å². The smallest absolute Gasteiger partial charge is 0.462 e. The molecule has 0 aromatic rings. The molecule has 0 spiro atoms. The molecule has 480 valence electrons. The van der Waals surface area contributed by atoms with Gasteiger partial charge in [-0.05, 0) is 43.4 Å². The first-order chi connectivity index (χ1) is 38.8. The Kier molecular flexibility index (Phi) is 52.2. The van der Waals surface area contributed by atoms with Crippen molar-refractivity contribution in [3.8, 4) is 0 Å². The van der Waals surface area contributed by atoms with Crippen LogP contribution in [-0.4, -0.2) is 96.7 Å². The highest BCUT2D eigenvalue weighted by molar-refractivity contribution is 7.47. The first-order valence-electron chi connectivity index (χ1n) is 32.4. The summed E-state index contributed by atoms with van der Waals surface area (Å²) < 4.78 is 67.8. The molecule has 0 aliphatic carbocycles. The van der Waals surface area contributed by atoms with Crippen LogP contribution < -0.4 is 0 Å². The van der Waals surface area contributed by atoms with Gasteiger partial charge in [0.1, 0.15) is 19.3 Å². The quantitative estimate of drug-likeness (QED) is 0.0222. The van der Waals surface area contributed by atoms with Crippen LogP contribution in [0, 0.1) is 17.8 Å². The number of hydrogen-bond donors (Lipinski definition) is 3. The lowest BCUT2D eigenvalue weighted by molar-refractivity contribution is -0.161. The molecule has 0 saturated heterocycles. The van der Waals surface area contributed by atoms with Crippen LogP contribution in [0.4, 0.5) is 0 Å². The summed E-state index contributed by atoms with van der Waals surface area (Å²) >= 11 is 0. The van der Waals surface area contributed by atoms with Gasteiger partial charge in [-0.15, -0.1) is 0 Å². The van der Waals surface area contributed by atoms with Crippen molar-refractivity contribution < 1.29 is 80.2 Å². The molecule has 0 bridgehead atoms. The van der Waals surface area contributed by atoms with Crippen LogP contribution in [0.25, 0.3) is 0 Å². The van der Waals surface area contributed by atoms with Gasteiger partial charge in [-0.2, -0.15) is 0 Å².